The number of carbonyl (C=O) groups excluding carboxylic acids is 1. The van der Waals surface area contributed by atoms with Crippen molar-refractivity contribution in [2.45, 2.75) is 20.5 Å². The number of aryl methyl sites for hydroxylation is 2. The number of halogens is 1. The molecule has 24 heavy (non-hydrogen) atoms. The number of benzene rings is 2. The minimum atomic E-state index is 0.156. The van der Waals surface area contributed by atoms with E-state index >= 15 is 0 Å². The summed E-state index contributed by atoms with van der Waals surface area (Å²) in [7, 11) is 0. The van der Waals surface area contributed by atoms with Gasteiger partial charge in [0, 0.05) is 4.47 Å². The first-order chi connectivity index (χ1) is 11.6. The third-order valence-corrected chi connectivity index (χ3v) is 4.13. The summed E-state index contributed by atoms with van der Waals surface area (Å²) in [5, 5.41) is 11.9. The van der Waals surface area contributed by atoms with Crippen LogP contribution in [0.2, 0.25) is 0 Å². The second-order valence-corrected chi connectivity index (χ2v) is 6.25. The zero-order valence-corrected chi connectivity index (χ0v) is 14.8. The Kier molecular flexibility index (Phi) is 4.71. The molecule has 2 aromatic carbocycles. The molecule has 0 bridgehead atoms. The standard InChI is InChI=1S/C17H15BrN4O2/c1-11-4-3-5-12(2)17(11)22-16(19-20-21-22)10-24-15-7-6-14(18)8-13(15)9-23/h3-9H,10H2,1-2H3. The van der Waals surface area contributed by atoms with Crippen molar-refractivity contribution < 1.29 is 9.53 Å². The second kappa shape index (κ2) is 6.92. The van der Waals surface area contributed by atoms with Gasteiger partial charge < -0.3 is 4.74 Å². The predicted octanol–water partition coefficient (Wildman–Crippen LogP) is 3.43. The molecule has 7 heteroatoms. The van der Waals surface area contributed by atoms with Crippen LogP contribution in [0.1, 0.15) is 27.3 Å². The van der Waals surface area contributed by atoms with Gasteiger partial charge in [0.1, 0.15) is 12.4 Å². The van der Waals surface area contributed by atoms with Gasteiger partial charge in [0.05, 0.1) is 11.3 Å². The maximum Gasteiger partial charge on any atom is 0.194 e. The number of nitrogens with zero attached hydrogens (tertiary/aromatic N) is 4. The van der Waals surface area contributed by atoms with Gasteiger partial charge in [-0.2, -0.15) is 4.68 Å². The SMILES string of the molecule is Cc1cccc(C)c1-n1nnnc1COc1ccc(Br)cc1C=O. The van der Waals surface area contributed by atoms with Gasteiger partial charge in [0.15, 0.2) is 12.1 Å². The lowest BCUT2D eigenvalue weighted by atomic mass is 10.1. The van der Waals surface area contributed by atoms with Gasteiger partial charge in [0.25, 0.3) is 0 Å². The van der Waals surface area contributed by atoms with Crippen LogP contribution in [0.25, 0.3) is 5.69 Å². The summed E-state index contributed by atoms with van der Waals surface area (Å²) in [6.07, 6.45) is 0.758. The average Bonchev–Trinajstić information content (AvgIpc) is 3.01. The van der Waals surface area contributed by atoms with Gasteiger partial charge >= 0.3 is 0 Å². The van der Waals surface area contributed by atoms with Crippen molar-refractivity contribution in [1.29, 1.82) is 0 Å². The van der Waals surface area contributed by atoms with Gasteiger partial charge in [-0.05, 0) is 53.6 Å². The first kappa shape index (κ1) is 16.3. The zero-order valence-electron chi connectivity index (χ0n) is 13.2. The molecule has 0 radical (unpaired) electrons. The van der Waals surface area contributed by atoms with E-state index in [1.165, 1.54) is 0 Å². The summed E-state index contributed by atoms with van der Waals surface area (Å²) in [4.78, 5) is 11.2. The zero-order chi connectivity index (χ0) is 17.1. The predicted molar refractivity (Wildman–Crippen MR) is 92.5 cm³/mol. The van der Waals surface area contributed by atoms with Crippen molar-refractivity contribution in [2.24, 2.45) is 0 Å². The van der Waals surface area contributed by atoms with Crippen molar-refractivity contribution in [3.8, 4) is 11.4 Å². The summed E-state index contributed by atoms with van der Waals surface area (Å²) >= 11 is 3.33. The van der Waals surface area contributed by atoms with Crippen LogP contribution in [0.15, 0.2) is 40.9 Å². The van der Waals surface area contributed by atoms with E-state index in [2.05, 4.69) is 31.5 Å². The van der Waals surface area contributed by atoms with E-state index < -0.39 is 0 Å². The smallest absolute Gasteiger partial charge is 0.194 e. The number of rotatable bonds is 5. The highest BCUT2D eigenvalue weighted by Crippen LogP contribution is 2.23. The lowest BCUT2D eigenvalue weighted by molar-refractivity contribution is 0.111. The van der Waals surface area contributed by atoms with E-state index in [4.69, 9.17) is 4.74 Å². The third kappa shape index (κ3) is 3.21. The Morgan fingerprint density at radius 3 is 2.67 bits per heavy atom. The number of aromatic nitrogens is 4. The van der Waals surface area contributed by atoms with Crippen LogP contribution in [0, 0.1) is 13.8 Å². The van der Waals surface area contributed by atoms with E-state index in [0.29, 0.717) is 17.1 Å². The van der Waals surface area contributed by atoms with Gasteiger partial charge in [-0.3, -0.25) is 4.79 Å². The topological polar surface area (TPSA) is 69.9 Å². The highest BCUT2D eigenvalue weighted by molar-refractivity contribution is 9.10. The summed E-state index contributed by atoms with van der Waals surface area (Å²) in [6, 6.07) is 11.3. The van der Waals surface area contributed by atoms with Crippen LogP contribution >= 0.6 is 15.9 Å². The fraction of sp³-hybridized carbons (Fsp3) is 0.176. The first-order valence-electron chi connectivity index (χ1n) is 7.31. The molecule has 122 valence electrons. The fourth-order valence-corrected chi connectivity index (χ4v) is 2.87. The molecule has 0 aliphatic heterocycles. The summed E-state index contributed by atoms with van der Waals surface area (Å²) < 4.78 is 8.24. The highest BCUT2D eigenvalue weighted by atomic mass is 79.9. The van der Waals surface area contributed by atoms with E-state index in [1.807, 2.05) is 38.1 Å². The molecule has 3 rings (SSSR count). The molecule has 1 aromatic heterocycles. The molecule has 0 saturated carbocycles. The molecular weight excluding hydrogens is 372 g/mol. The van der Waals surface area contributed by atoms with Crippen LogP contribution in [0.3, 0.4) is 0 Å². The van der Waals surface area contributed by atoms with Gasteiger partial charge in [-0.25, -0.2) is 0 Å². The molecule has 0 aliphatic rings. The van der Waals surface area contributed by atoms with Crippen molar-refractivity contribution in [3.05, 3.63) is 63.4 Å². The van der Waals surface area contributed by atoms with E-state index in [1.54, 1.807) is 16.8 Å². The number of ether oxygens (including phenoxy) is 1. The Bertz CT molecular complexity index is 872. The van der Waals surface area contributed by atoms with Gasteiger partial charge in [-0.1, -0.05) is 34.1 Å². The van der Waals surface area contributed by atoms with Gasteiger partial charge in [-0.15, -0.1) is 5.10 Å². The normalized spacial score (nSPS) is 10.6. The number of para-hydroxylation sites is 1. The molecule has 0 spiro atoms. The molecule has 0 N–H and O–H groups in total. The minimum absolute atomic E-state index is 0.156. The molecule has 3 aromatic rings. The average molecular weight is 387 g/mol. The highest BCUT2D eigenvalue weighted by Gasteiger charge is 2.14. The van der Waals surface area contributed by atoms with Crippen LogP contribution in [0.5, 0.6) is 5.75 Å². The maximum atomic E-state index is 11.2. The van der Waals surface area contributed by atoms with E-state index in [-0.39, 0.29) is 6.61 Å². The Hall–Kier alpha value is -2.54. The Morgan fingerprint density at radius 2 is 1.96 bits per heavy atom. The largest absolute Gasteiger partial charge is 0.485 e. The van der Waals surface area contributed by atoms with Gasteiger partial charge in [0.2, 0.25) is 0 Å². The van der Waals surface area contributed by atoms with Crippen molar-refractivity contribution in [3.63, 3.8) is 0 Å². The Morgan fingerprint density at radius 1 is 1.21 bits per heavy atom. The lowest BCUT2D eigenvalue weighted by Gasteiger charge is -2.12. The summed E-state index contributed by atoms with van der Waals surface area (Å²) in [5.41, 5.74) is 3.55. The quantitative estimate of drug-likeness (QED) is 0.628. The lowest BCUT2D eigenvalue weighted by Crippen LogP contribution is -2.10. The molecule has 0 unspecified atom stereocenters. The molecule has 0 atom stereocenters. The molecule has 0 aliphatic carbocycles. The monoisotopic (exact) mass is 386 g/mol. The fourth-order valence-electron chi connectivity index (χ4n) is 2.49. The Balaban J connectivity index is 1.89. The van der Waals surface area contributed by atoms with Crippen molar-refractivity contribution in [2.75, 3.05) is 0 Å². The molecule has 0 saturated heterocycles. The first-order valence-corrected chi connectivity index (χ1v) is 8.11. The summed E-state index contributed by atoms with van der Waals surface area (Å²) in [6.45, 7) is 4.17. The molecule has 6 nitrogen and oxygen atoms in total. The Labute approximate surface area is 147 Å². The number of aldehydes is 1. The number of hydrogen-bond donors (Lipinski definition) is 0. The molecule has 1 heterocycles. The number of carbonyl (C=O) groups is 1. The van der Waals surface area contributed by atoms with Crippen LogP contribution in [-0.2, 0) is 6.61 Å². The molecular formula is C17H15BrN4O2. The summed E-state index contributed by atoms with van der Waals surface area (Å²) in [5.74, 6) is 1.05. The van der Waals surface area contributed by atoms with Crippen molar-refractivity contribution >= 4 is 22.2 Å². The van der Waals surface area contributed by atoms with Crippen molar-refractivity contribution in [1.82, 2.24) is 20.2 Å². The molecule has 0 fully saturated rings. The van der Waals surface area contributed by atoms with E-state index in [9.17, 15) is 4.79 Å². The minimum Gasteiger partial charge on any atom is -0.485 e. The number of hydrogen-bond acceptors (Lipinski definition) is 5. The second-order valence-electron chi connectivity index (χ2n) is 5.34. The van der Waals surface area contributed by atoms with E-state index in [0.717, 1.165) is 27.6 Å². The molecule has 0 amide bonds. The number of tetrazole rings is 1. The van der Waals surface area contributed by atoms with Crippen LogP contribution in [0.4, 0.5) is 0 Å². The van der Waals surface area contributed by atoms with Crippen LogP contribution in [-0.4, -0.2) is 26.5 Å². The maximum absolute atomic E-state index is 11.2. The van der Waals surface area contributed by atoms with Crippen LogP contribution < -0.4 is 4.74 Å². The third-order valence-electron chi connectivity index (χ3n) is 3.64.